The number of hydrogen-bond acceptors (Lipinski definition) is 6. The number of Topliss-reactive ketones (excluding diaryl/α,β-unsaturated/α-hetero) is 1. The molecule has 0 amide bonds. The van der Waals surface area contributed by atoms with Crippen molar-refractivity contribution in [3.63, 3.8) is 0 Å². The molecule has 4 aromatic carbocycles. The van der Waals surface area contributed by atoms with Gasteiger partial charge in [-0.3, -0.25) is 0 Å². The Labute approximate surface area is 256 Å². The third-order valence-corrected chi connectivity index (χ3v) is 5.65. The van der Waals surface area contributed by atoms with E-state index in [1.54, 1.807) is 30.3 Å². The van der Waals surface area contributed by atoms with Crippen molar-refractivity contribution in [2.45, 2.75) is 0 Å². The van der Waals surface area contributed by atoms with Crippen LogP contribution in [0.1, 0.15) is 37.4 Å². The first-order valence-electron chi connectivity index (χ1n) is 10.5. The molecule has 37 heavy (non-hydrogen) atoms. The monoisotopic (exact) mass is 506 g/mol. The largest absolute Gasteiger partial charge is 1.00 e. The summed E-state index contributed by atoms with van der Waals surface area (Å²) in [6.45, 7) is 0. The molecule has 0 atom stereocenters. The van der Waals surface area contributed by atoms with Crippen LogP contribution in [-0.2, 0) is 9.59 Å². The summed E-state index contributed by atoms with van der Waals surface area (Å²) in [5.41, 5.74) is 3.90. The zero-order valence-corrected chi connectivity index (χ0v) is 24.1. The molecular weight excluding hydrogens is 490 g/mol. The standard InChI is InChI=1S/C28H17O4.CO2.2Na/c29-25-15-14-21(18-10-4-6-12-20(18)25)26(17-8-2-1-3-9-17)23-16-24(28(31)32)27(30)22-13-7-5-11-19(22)23;2-1-3;;/h1-14,16,30H,(H,31,32);;;/q-1;;2*+1/p-1. The number of benzene rings is 4. The van der Waals surface area contributed by atoms with E-state index in [-0.39, 0.29) is 82.4 Å². The van der Waals surface area contributed by atoms with Gasteiger partial charge in [-0.15, -0.1) is 23.3 Å². The van der Waals surface area contributed by atoms with E-state index in [1.165, 1.54) is 6.07 Å². The average Bonchev–Trinajstić information content (AvgIpc) is 2.88. The molecule has 6 nitrogen and oxygen atoms in total. The summed E-state index contributed by atoms with van der Waals surface area (Å²) in [4.78, 5) is 40.5. The fraction of sp³-hybridized carbons (Fsp3) is 0. The summed E-state index contributed by atoms with van der Waals surface area (Å²) in [7, 11) is 0. The second-order valence-corrected chi connectivity index (χ2v) is 7.55. The second-order valence-electron chi connectivity index (χ2n) is 7.55. The third kappa shape index (κ3) is 6.09. The van der Waals surface area contributed by atoms with E-state index in [2.05, 4.69) is 6.08 Å². The van der Waals surface area contributed by atoms with Crippen molar-refractivity contribution >= 4 is 39.8 Å². The summed E-state index contributed by atoms with van der Waals surface area (Å²) < 4.78 is 0. The fourth-order valence-electron chi connectivity index (χ4n) is 4.20. The van der Waals surface area contributed by atoms with E-state index in [4.69, 9.17) is 9.59 Å². The van der Waals surface area contributed by atoms with Crippen molar-refractivity contribution in [3.8, 4) is 5.75 Å². The Morgan fingerprint density at radius 1 is 0.784 bits per heavy atom. The molecule has 4 aromatic rings. The van der Waals surface area contributed by atoms with Crippen LogP contribution < -0.4 is 64.2 Å². The quantitative estimate of drug-likeness (QED) is 0.251. The molecule has 1 N–H and O–H groups in total. The van der Waals surface area contributed by atoms with Crippen molar-refractivity contribution in [1.82, 2.24) is 0 Å². The number of phenols is 1. The average molecular weight is 506 g/mol. The number of carbonyl (C=O) groups is 2. The minimum atomic E-state index is -1.46. The predicted octanol–water partition coefficient (Wildman–Crippen LogP) is -2.15. The van der Waals surface area contributed by atoms with E-state index in [0.717, 1.165) is 22.3 Å². The van der Waals surface area contributed by atoms with Crippen molar-refractivity contribution in [2.24, 2.45) is 0 Å². The summed E-state index contributed by atoms with van der Waals surface area (Å²) >= 11 is 0. The van der Waals surface area contributed by atoms with Gasteiger partial charge < -0.3 is 19.8 Å². The molecule has 0 saturated heterocycles. The number of rotatable bonds is 3. The molecule has 1 aliphatic rings. The number of carboxylic acid groups (broad SMARTS) is 1. The van der Waals surface area contributed by atoms with E-state index in [1.807, 2.05) is 54.6 Å². The molecule has 8 heteroatoms. The second kappa shape index (κ2) is 13.5. The Kier molecular flexibility index (Phi) is 11.0. The maximum atomic E-state index is 12.4. The van der Waals surface area contributed by atoms with Gasteiger partial charge >= 0.3 is 65.3 Å². The predicted molar refractivity (Wildman–Crippen MR) is 126 cm³/mol. The van der Waals surface area contributed by atoms with Gasteiger partial charge in [-0.2, -0.15) is 15.7 Å². The third-order valence-electron chi connectivity index (χ3n) is 5.65. The van der Waals surface area contributed by atoms with Gasteiger partial charge in [-0.05, 0) is 22.6 Å². The number of hydrogen-bond donors (Lipinski definition) is 1. The number of aromatic hydroxyl groups is 1. The van der Waals surface area contributed by atoms with Gasteiger partial charge in [0.15, 0.2) is 0 Å². The number of carboxylic acids is 1. The summed E-state index contributed by atoms with van der Waals surface area (Å²) in [6, 6.07) is 25.3. The Bertz CT molecular complexity index is 1570. The molecule has 0 aromatic heterocycles. The number of allylic oxidation sites excluding steroid dienone is 3. The van der Waals surface area contributed by atoms with Crippen LogP contribution in [0.2, 0.25) is 0 Å². The summed E-state index contributed by atoms with van der Waals surface area (Å²) in [5.74, 6) is -2.00. The molecule has 0 bridgehead atoms. The molecule has 5 rings (SSSR count). The van der Waals surface area contributed by atoms with Crippen LogP contribution in [0.15, 0.2) is 91.0 Å². The van der Waals surface area contributed by atoms with Crippen molar-refractivity contribution in [2.75, 3.05) is 0 Å². The Morgan fingerprint density at radius 3 is 1.95 bits per heavy atom. The molecule has 0 spiro atoms. The zero-order chi connectivity index (χ0) is 24.9. The van der Waals surface area contributed by atoms with Gasteiger partial charge in [0.2, 0.25) is 0 Å². The molecule has 0 heterocycles. The van der Waals surface area contributed by atoms with Crippen molar-refractivity contribution in [1.29, 1.82) is 0 Å². The maximum Gasteiger partial charge on any atom is 1.00 e. The summed E-state index contributed by atoms with van der Waals surface area (Å²) in [5, 5.41) is 23.5. The van der Waals surface area contributed by atoms with E-state index in [9.17, 15) is 19.8 Å². The van der Waals surface area contributed by atoms with E-state index >= 15 is 0 Å². The topological polar surface area (TPSA) is 112 Å². The van der Waals surface area contributed by atoms with Crippen molar-refractivity contribution < 1.29 is 88.5 Å². The molecule has 0 radical (unpaired) electrons. The van der Waals surface area contributed by atoms with Crippen molar-refractivity contribution in [3.05, 3.63) is 125 Å². The number of fused-ring (bicyclic) bond motifs is 2. The first-order valence-corrected chi connectivity index (χ1v) is 10.5. The number of aromatic carboxylic acids is 1. The zero-order valence-electron chi connectivity index (χ0n) is 20.1. The smallest absolute Gasteiger partial charge is 0.545 e. The van der Waals surface area contributed by atoms with Crippen LogP contribution >= 0.6 is 0 Å². The van der Waals surface area contributed by atoms with Gasteiger partial charge in [-0.25, -0.2) is 0 Å². The molecule has 0 aliphatic heterocycles. The number of ketones is 1. The van der Waals surface area contributed by atoms with Crippen LogP contribution in [0, 0.1) is 6.08 Å². The van der Waals surface area contributed by atoms with Crippen LogP contribution in [0.25, 0.3) is 21.9 Å². The SMILES string of the molecule is O=C1[C-]=CC(=C(c2ccccc2)c2cc(C(=O)[O-])c(O)c3ccccc23)c2ccccc21.O=C=O.[Na+].[Na+]. The fourth-order valence-corrected chi connectivity index (χ4v) is 4.20. The first kappa shape index (κ1) is 30.2. The minimum Gasteiger partial charge on any atom is -0.545 e. The molecule has 1 aliphatic carbocycles. The van der Waals surface area contributed by atoms with Crippen LogP contribution in [-0.4, -0.2) is 23.0 Å². The molecule has 0 unspecified atom stereocenters. The summed E-state index contributed by atoms with van der Waals surface area (Å²) in [6.07, 6.45) is 4.70. The van der Waals surface area contributed by atoms with Gasteiger partial charge in [0, 0.05) is 10.9 Å². The Hall–Kier alpha value is -3.06. The van der Waals surface area contributed by atoms with Gasteiger partial charge in [0.05, 0.1) is 11.8 Å². The Morgan fingerprint density at radius 2 is 1.32 bits per heavy atom. The molecule has 0 fully saturated rings. The first-order chi connectivity index (χ1) is 17.0. The molecular formula is C29H16Na2O6. The maximum absolute atomic E-state index is 12.4. The van der Waals surface area contributed by atoms with E-state index in [0.29, 0.717) is 21.9 Å². The molecule has 0 saturated carbocycles. The molecule has 170 valence electrons. The van der Waals surface area contributed by atoms with Crippen LogP contribution in [0.3, 0.4) is 0 Å². The number of carbonyl (C=O) groups excluding carboxylic acids is 4. The minimum absolute atomic E-state index is 0. The van der Waals surface area contributed by atoms with Gasteiger partial charge in [0.25, 0.3) is 0 Å². The van der Waals surface area contributed by atoms with Gasteiger partial charge in [-0.1, -0.05) is 83.9 Å². The van der Waals surface area contributed by atoms with E-state index < -0.39 is 5.97 Å². The normalized spacial score (nSPS) is 12.6. The van der Waals surface area contributed by atoms with Gasteiger partial charge in [0.1, 0.15) is 5.75 Å². The Balaban J connectivity index is 0.000000919. The van der Waals surface area contributed by atoms with Crippen LogP contribution in [0.5, 0.6) is 5.75 Å². The van der Waals surface area contributed by atoms with Crippen LogP contribution in [0.4, 0.5) is 0 Å².